The van der Waals surface area contributed by atoms with Crippen LogP contribution in [-0.4, -0.2) is 21.2 Å². The first kappa shape index (κ1) is 14.8. The highest BCUT2D eigenvalue weighted by Crippen LogP contribution is 2.39. The van der Waals surface area contributed by atoms with Crippen LogP contribution in [0.4, 0.5) is 0 Å². The van der Waals surface area contributed by atoms with E-state index in [2.05, 4.69) is 33.9 Å². The quantitative estimate of drug-likeness (QED) is 0.675. The molecule has 2 nitrogen and oxygen atoms in total. The van der Waals surface area contributed by atoms with Crippen molar-refractivity contribution >= 4 is 15.1 Å². The standard InChI is InChI=1S/C11H24OSi.CH2O/c1-11(2,3)13(4,5)12-10-8-6-7-9-10;1-2/h10H,6-9H2,1-5H3;1H2. The number of hydrogen-bond acceptors (Lipinski definition) is 2. The van der Waals surface area contributed by atoms with Gasteiger partial charge < -0.3 is 9.22 Å². The van der Waals surface area contributed by atoms with E-state index in [0.29, 0.717) is 11.1 Å². The average molecular weight is 230 g/mol. The van der Waals surface area contributed by atoms with E-state index in [1.54, 1.807) is 0 Å². The van der Waals surface area contributed by atoms with Crippen LogP contribution >= 0.6 is 0 Å². The fraction of sp³-hybridized carbons (Fsp3) is 0.917. The van der Waals surface area contributed by atoms with Gasteiger partial charge in [0.15, 0.2) is 8.32 Å². The SMILES string of the molecule is C=O.CC(C)(C)[Si](C)(C)OC1CCCC1. The van der Waals surface area contributed by atoms with Crippen molar-refractivity contribution in [2.75, 3.05) is 0 Å². The van der Waals surface area contributed by atoms with Gasteiger partial charge in [-0.05, 0) is 31.0 Å². The molecule has 0 saturated heterocycles. The smallest absolute Gasteiger partial charge is 0.192 e. The van der Waals surface area contributed by atoms with Gasteiger partial charge in [-0.3, -0.25) is 0 Å². The van der Waals surface area contributed by atoms with E-state index in [-0.39, 0.29) is 0 Å². The Morgan fingerprint density at radius 3 is 1.87 bits per heavy atom. The minimum absolute atomic E-state index is 0.371. The Hall–Kier alpha value is -0.153. The Balaban J connectivity index is 0.000000921. The van der Waals surface area contributed by atoms with Crippen molar-refractivity contribution in [1.82, 2.24) is 0 Å². The molecule has 1 fully saturated rings. The number of carbonyl (C=O) groups is 1. The fourth-order valence-corrected chi connectivity index (χ4v) is 3.02. The van der Waals surface area contributed by atoms with Crippen molar-refractivity contribution in [3.63, 3.8) is 0 Å². The molecule has 0 aromatic carbocycles. The lowest BCUT2D eigenvalue weighted by molar-refractivity contribution is -0.0979. The predicted molar refractivity (Wildman–Crippen MR) is 67.7 cm³/mol. The van der Waals surface area contributed by atoms with Gasteiger partial charge in [-0.15, -0.1) is 0 Å². The second-order valence-electron chi connectivity index (χ2n) is 5.78. The van der Waals surface area contributed by atoms with Crippen LogP contribution in [0.25, 0.3) is 0 Å². The van der Waals surface area contributed by atoms with E-state index in [9.17, 15) is 0 Å². The fourth-order valence-electron chi connectivity index (χ4n) is 1.60. The summed E-state index contributed by atoms with van der Waals surface area (Å²) in [5, 5.41) is 0.371. The summed E-state index contributed by atoms with van der Waals surface area (Å²) in [6, 6.07) is 0. The Bertz CT molecular complexity index is 179. The number of hydrogen-bond donors (Lipinski definition) is 0. The van der Waals surface area contributed by atoms with Crippen LogP contribution in [0, 0.1) is 0 Å². The van der Waals surface area contributed by atoms with E-state index < -0.39 is 8.32 Å². The van der Waals surface area contributed by atoms with Gasteiger partial charge in [0.2, 0.25) is 0 Å². The molecular weight excluding hydrogens is 204 g/mol. The van der Waals surface area contributed by atoms with Gasteiger partial charge in [0.25, 0.3) is 0 Å². The molecule has 1 saturated carbocycles. The minimum atomic E-state index is -1.47. The summed E-state index contributed by atoms with van der Waals surface area (Å²) < 4.78 is 6.30. The molecule has 0 bridgehead atoms. The summed E-state index contributed by atoms with van der Waals surface area (Å²) in [5.41, 5.74) is 0. The molecule has 0 N–H and O–H groups in total. The van der Waals surface area contributed by atoms with Crippen molar-refractivity contribution in [3.05, 3.63) is 0 Å². The Morgan fingerprint density at radius 2 is 1.53 bits per heavy atom. The summed E-state index contributed by atoms with van der Waals surface area (Å²) in [6.07, 6.45) is 5.93. The Morgan fingerprint density at radius 1 is 1.13 bits per heavy atom. The second-order valence-corrected chi connectivity index (χ2v) is 10.5. The van der Waals surface area contributed by atoms with E-state index >= 15 is 0 Å². The molecule has 0 aromatic heterocycles. The highest BCUT2D eigenvalue weighted by Gasteiger charge is 2.39. The van der Waals surface area contributed by atoms with Crippen LogP contribution in [0.15, 0.2) is 0 Å². The van der Waals surface area contributed by atoms with Crippen LogP contribution in [0.3, 0.4) is 0 Å². The minimum Gasteiger partial charge on any atom is -0.414 e. The largest absolute Gasteiger partial charge is 0.414 e. The maximum absolute atomic E-state index is 8.00. The van der Waals surface area contributed by atoms with Crippen LogP contribution in [-0.2, 0) is 9.22 Å². The third-order valence-corrected chi connectivity index (χ3v) is 8.10. The Labute approximate surface area is 95.5 Å². The van der Waals surface area contributed by atoms with Gasteiger partial charge in [0, 0.05) is 6.10 Å². The molecule has 1 rings (SSSR count). The maximum atomic E-state index is 8.00. The number of carbonyl (C=O) groups excluding carboxylic acids is 1. The van der Waals surface area contributed by atoms with Crippen molar-refractivity contribution < 1.29 is 9.22 Å². The Kier molecular flexibility index (Phi) is 5.74. The van der Waals surface area contributed by atoms with Gasteiger partial charge >= 0.3 is 0 Å². The van der Waals surface area contributed by atoms with Gasteiger partial charge in [0.05, 0.1) is 0 Å². The number of rotatable bonds is 2. The zero-order valence-corrected chi connectivity index (χ0v) is 11.9. The van der Waals surface area contributed by atoms with Crippen molar-refractivity contribution in [3.8, 4) is 0 Å². The summed E-state index contributed by atoms with van der Waals surface area (Å²) in [6.45, 7) is 13.6. The highest BCUT2D eigenvalue weighted by molar-refractivity contribution is 6.74. The summed E-state index contributed by atoms with van der Waals surface area (Å²) >= 11 is 0. The predicted octanol–water partition coefficient (Wildman–Crippen LogP) is 3.77. The van der Waals surface area contributed by atoms with Crippen LogP contribution in [0.5, 0.6) is 0 Å². The maximum Gasteiger partial charge on any atom is 0.192 e. The monoisotopic (exact) mass is 230 g/mol. The lowest BCUT2D eigenvalue weighted by Gasteiger charge is -2.38. The third kappa shape index (κ3) is 4.47. The van der Waals surface area contributed by atoms with Crippen LogP contribution < -0.4 is 0 Å². The molecule has 0 heterocycles. The average Bonchev–Trinajstić information content (AvgIpc) is 2.57. The first-order chi connectivity index (χ1) is 6.83. The molecule has 0 unspecified atom stereocenters. The van der Waals surface area contributed by atoms with E-state index in [1.165, 1.54) is 25.7 Å². The summed E-state index contributed by atoms with van der Waals surface area (Å²) in [4.78, 5) is 8.00. The van der Waals surface area contributed by atoms with E-state index in [4.69, 9.17) is 9.22 Å². The summed E-state index contributed by atoms with van der Waals surface area (Å²) in [7, 11) is -1.47. The topological polar surface area (TPSA) is 26.3 Å². The first-order valence-electron chi connectivity index (χ1n) is 5.79. The first-order valence-corrected chi connectivity index (χ1v) is 8.70. The van der Waals surface area contributed by atoms with Crippen molar-refractivity contribution in [2.45, 2.75) is 70.7 Å². The van der Waals surface area contributed by atoms with Crippen molar-refractivity contribution in [1.29, 1.82) is 0 Å². The van der Waals surface area contributed by atoms with Gasteiger partial charge in [-0.25, -0.2) is 0 Å². The zero-order chi connectivity index (χ0) is 12.1. The van der Waals surface area contributed by atoms with E-state index in [0.717, 1.165) is 0 Å². The molecule has 0 aromatic rings. The molecule has 1 aliphatic carbocycles. The van der Waals surface area contributed by atoms with Gasteiger partial charge in [-0.1, -0.05) is 33.6 Å². The lowest BCUT2D eigenvalue weighted by Crippen LogP contribution is -2.43. The molecule has 1 aliphatic rings. The second kappa shape index (κ2) is 5.80. The van der Waals surface area contributed by atoms with Crippen molar-refractivity contribution in [2.24, 2.45) is 0 Å². The lowest BCUT2D eigenvalue weighted by atomic mass is 10.2. The molecule has 0 aliphatic heterocycles. The molecule has 0 atom stereocenters. The molecule has 15 heavy (non-hydrogen) atoms. The molecule has 0 radical (unpaired) electrons. The zero-order valence-electron chi connectivity index (χ0n) is 10.9. The van der Waals surface area contributed by atoms with Gasteiger partial charge in [-0.2, -0.15) is 0 Å². The van der Waals surface area contributed by atoms with Crippen LogP contribution in [0.1, 0.15) is 46.5 Å². The molecule has 3 heteroatoms. The van der Waals surface area contributed by atoms with Crippen LogP contribution in [0.2, 0.25) is 18.1 Å². The molecule has 0 amide bonds. The highest BCUT2D eigenvalue weighted by atomic mass is 28.4. The summed E-state index contributed by atoms with van der Waals surface area (Å²) in [5.74, 6) is 0. The third-order valence-electron chi connectivity index (χ3n) is 3.57. The molecule has 0 spiro atoms. The molecular formula is C12H26O2Si. The molecule has 90 valence electrons. The van der Waals surface area contributed by atoms with E-state index in [1.807, 2.05) is 6.79 Å². The normalized spacial score (nSPS) is 18.5. The van der Waals surface area contributed by atoms with Gasteiger partial charge in [0.1, 0.15) is 6.79 Å².